The van der Waals surface area contributed by atoms with Crippen LogP contribution in [0.2, 0.25) is 0 Å². The Hall–Kier alpha value is -1.34. The molecular weight excluding hydrogens is 308 g/mol. The molecule has 2 saturated heterocycles. The van der Waals surface area contributed by atoms with E-state index in [4.69, 9.17) is 5.73 Å². The number of hydrogen-bond acceptors (Lipinski definition) is 4. The van der Waals surface area contributed by atoms with Crippen molar-refractivity contribution in [2.24, 2.45) is 17.1 Å². The maximum Gasteiger partial charge on any atom is 0.314 e. The molecule has 3 amide bonds. The number of primary amides is 1. The first kappa shape index (κ1) is 19.0. The number of nitrogens with two attached hydrogens (primary N) is 1. The van der Waals surface area contributed by atoms with Crippen molar-refractivity contribution in [1.29, 1.82) is 0 Å². The van der Waals surface area contributed by atoms with Gasteiger partial charge in [0.15, 0.2) is 0 Å². The lowest BCUT2D eigenvalue weighted by Crippen LogP contribution is -2.54. The van der Waals surface area contributed by atoms with Gasteiger partial charge in [-0.1, -0.05) is 20.8 Å². The summed E-state index contributed by atoms with van der Waals surface area (Å²) >= 11 is 0. The predicted octanol–water partition coefficient (Wildman–Crippen LogP) is 0.328. The van der Waals surface area contributed by atoms with E-state index in [-0.39, 0.29) is 23.3 Å². The zero-order valence-electron chi connectivity index (χ0n) is 15.2. The lowest BCUT2D eigenvalue weighted by molar-refractivity contribution is -0.139. The molecule has 7 nitrogen and oxygen atoms in total. The first-order valence-corrected chi connectivity index (χ1v) is 8.92. The monoisotopic (exact) mass is 340 g/mol. The number of amides is 3. The van der Waals surface area contributed by atoms with Crippen LogP contribution in [-0.4, -0.2) is 83.7 Å². The maximum atomic E-state index is 12.7. The van der Waals surface area contributed by atoms with E-state index in [2.05, 4.69) is 4.90 Å². The van der Waals surface area contributed by atoms with Crippen molar-refractivity contribution in [1.82, 2.24) is 14.7 Å². The Morgan fingerprint density at radius 3 is 2.29 bits per heavy atom. The molecule has 0 bridgehead atoms. The van der Waals surface area contributed by atoms with Gasteiger partial charge in [0.1, 0.15) is 0 Å². The molecule has 0 aromatic carbocycles. The summed E-state index contributed by atoms with van der Waals surface area (Å²) in [6.45, 7) is 10.8. The second-order valence-corrected chi connectivity index (χ2v) is 8.13. The summed E-state index contributed by atoms with van der Waals surface area (Å²) in [5.74, 6) is 0.00920. The van der Waals surface area contributed by atoms with E-state index in [9.17, 15) is 14.7 Å². The number of aliphatic hydroxyl groups excluding tert-OH is 1. The van der Waals surface area contributed by atoms with Crippen LogP contribution in [0.5, 0.6) is 0 Å². The topological polar surface area (TPSA) is 90.1 Å². The Kier molecular flexibility index (Phi) is 6.09. The van der Waals surface area contributed by atoms with Crippen LogP contribution in [0.4, 0.5) is 4.79 Å². The fraction of sp³-hybridized carbons (Fsp3) is 0.882. The van der Waals surface area contributed by atoms with E-state index in [0.29, 0.717) is 32.7 Å². The minimum absolute atomic E-state index is 0.127. The molecule has 2 aliphatic heterocycles. The Morgan fingerprint density at radius 2 is 1.75 bits per heavy atom. The van der Waals surface area contributed by atoms with Gasteiger partial charge in [-0.3, -0.25) is 9.69 Å². The molecular formula is C17H32N4O3. The molecule has 7 heteroatoms. The molecule has 24 heavy (non-hydrogen) atoms. The minimum atomic E-state index is -0.437. The second kappa shape index (κ2) is 7.70. The van der Waals surface area contributed by atoms with Crippen LogP contribution < -0.4 is 5.73 Å². The van der Waals surface area contributed by atoms with Gasteiger partial charge in [0, 0.05) is 45.8 Å². The van der Waals surface area contributed by atoms with E-state index in [1.807, 2.05) is 25.7 Å². The summed E-state index contributed by atoms with van der Waals surface area (Å²) in [5, 5.41) is 10.2. The molecule has 0 unspecified atom stereocenters. The number of piperazine rings is 1. The fourth-order valence-corrected chi connectivity index (χ4v) is 3.31. The zero-order valence-corrected chi connectivity index (χ0v) is 15.2. The van der Waals surface area contributed by atoms with Crippen molar-refractivity contribution in [2.75, 3.05) is 45.8 Å². The molecule has 0 radical (unpaired) electrons. The molecule has 2 aliphatic rings. The van der Waals surface area contributed by atoms with Crippen LogP contribution in [0.25, 0.3) is 0 Å². The van der Waals surface area contributed by atoms with Crippen molar-refractivity contribution in [3.05, 3.63) is 0 Å². The number of piperidine rings is 1. The first-order valence-electron chi connectivity index (χ1n) is 8.92. The molecule has 138 valence electrons. The van der Waals surface area contributed by atoms with Crippen LogP contribution in [0.15, 0.2) is 0 Å². The summed E-state index contributed by atoms with van der Waals surface area (Å²) < 4.78 is 0. The molecule has 0 saturated carbocycles. The summed E-state index contributed by atoms with van der Waals surface area (Å²) in [6, 6.07) is -0.437. The van der Waals surface area contributed by atoms with Gasteiger partial charge in [-0.15, -0.1) is 0 Å². The maximum absolute atomic E-state index is 12.7. The van der Waals surface area contributed by atoms with Gasteiger partial charge in [-0.2, -0.15) is 0 Å². The van der Waals surface area contributed by atoms with Crippen molar-refractivity contribution in [2.45, 2.75) is 39.7 Å². The third-order valence-electron chi connectivity index (χ3n) is 5.20. The van der Waals surface area contributed by atoms with E-state index in [1.54, 1.807) is 4.90 Å². The van der Waals surface area contributed by atoms with Crippen molar-refractivity contribution >= 4 is 11.9 Å². The summed E-state index contributed by atoms with van der Waals surface area (Å²) in [5.41, 5.74) is 5.21. The number of aliphatic hydroxyl groups is 1. The molecule has 2 fully saturated rings. The number of rotatable bonds is 3. The fourth-order valence-electron chi connectivity index (χ4n) is 3.31. The molecule has 0 aromatic heterocycles. The average Bonchev–Trinajstić information content (AvgIpc) is 2.54. The highest BCUT2D eigenvalue weighted by Gasteiger charge is 2.33. The highest BCUT2D eigenvalue weighted by Crippen LogP contribution is 2.22. The van der Waals surface area contributed by atoms with Gasteiger partial charge >= 0.3 is 6.03 Å². The number of likely N-dealkylation sites (tertiary alicyclic amines) is 1. The van der Waals surface area contributed by atoms with Gasteiger partial charge in [0.25, 0.3) is 0 Å². The van der Waals surface area contributed by atoms with E-state index in [1.165, 1.54) is 0 Å². The number of carbonyl (C=O) groups excluding carboxylic acids is 2. The SMILES string of the molecule is CC(C)(C)[C@H](O)CN1CCN(C(=O)[C@H]2CCCN(C(N)=O)C2)CC1. The Morgan fingerprint density at radius 1 is 1.12 bits per heavy atom. The lowest BCUT2D eigenvalue weighted by Gasteiger charge is -2.40. The van der Waals surface area contributed by atoms with Crippen LogP contribution >= 0.6 is 0 Å². The standard InChI is InChI=1S/C17H32N4O3/c1-17(2,3)14(22)12-19-7-9-20(10-8-19)15(23)13-5-4-6-21(11-13)16(18)24/h13-14,22H,4-12H2,1-3H3,(H2,18,24)/t13-,14+/m0/s1. The van der Waals surface area contributed by atoms with E-state index in [0.717, 1.165) is 25.9 Å². The van der Waals surface area contributed by atoms with Gasteiger partial charge < -0.3 is 20.6 Å². The van der Waals surface area contributed by atoms with E-state index >= 15 is 0 Å². The number of hydrogen-bond donors (Lipinski definition) is 2. The molecule has 0 aliphatic carbocycles. The Labute approximate surface area is 144 Å². The largest absolute Gasteiger partial charge is 0.391 e. The number of carbonyl (C=O) groups is 2. The normalized spacial score (nSPS) is 24.8. The number of urea groups is 1. The molecule has 0 spiro atoms. The van der Waals surface area contributed by atoms with Crippen molar-refractivity contribution in [3.63, 3.8) is 0 Å². The van der Waals surface area contributed by atoms with Crippen LogP contribution in [0.3, 0.4) is 0 Å². The van der Waals surface area contributed by atoms with Crippen LogP contribution in [0.1, 0.15) is 33.6 Å². The third-order valence-corrected chi connectivity index (χ3v) is 5.20. The lowest BCUT2D eigenvalue weighted by atomic mass is 9.89. The van der Waals surface area contributed by atoms with Crippen LogP contribution in [0, 0.1) is 11.3 Å². The van der Waals surface area contributed by atoms with Crippen molar-refractivity contribution < 1.29 is 14.7 Å². The second-order valence-electron chi connectivity index (χ2n) is 8.13. The van der Waals surface area contributed by atoms with Crippen LogP contribution in [-0.2, 0) is 4.79 Å². The quantitative estimate of drug-likeness (QED) is 0.775. The highest BCUT2D eigenvalue weighted by molar-refractivity contribution is 5.80. The minimum Gasteiger partial charge on any atom is -0.391 e. The van der Waals surface area contributed by atoms with Crippen molar-refractivity contribution in [3.8, 4) is 0 Å². The third kappa shape index (κ3) is 4.83. The summed E-state index contributed by atoms with van der Waals surface area (Å²) in [4.78, 5) is 29.7. The summed E-state index contributed by atoms with van der Waals surface area (Å²) in [6.07, 6.45) is 1.28. The van der Waals surface area contributed by atoms with Gasteiger partial charge in [-0.25, -0.2) is 4.79 Å². The van der Waals surface area contributed by atoms with Gasteiger partial charge in [-0.05, 0) is 18.3 Å². The molecule has 0 aromatic rings. The zero-order chi connectivity index (χ0) is 17.9. The number of nitrogens with zero attached hydrogens (tertiary/aromatic N) is 3. The average molecular weight is 340 g/mol. The van der Waals surface area contributed by atoms with Gasteiger partial charge in [0.05, 0.1) is 12.0 Å². The molecule has 2 heterocycles. The highest BCUT2D eigenvalue weighted by atomic mass is 16.3. The van der Waals surface area contributed by atoms with E-state index < -0.39 is 6.03 Å². The number of β-amino-alcohol motifs (C(OH)–C–C–N with tert-alkyl or cyclic N) is 1. The summed E-state index contributed by atoms with van der Waals surface area (Å²) in [7, 11) is 0. The first-order chi connectivity index (χ1) is 11.2. The molecule has 2 atom stereocenters. The molecule has 2 rings (SSSR count). The molecule has 3 N–H and O–H groups in total. The predicted molar refractivity (Wildman–Crippen MR) is 92.4 cm³/mol. The van der Waals surface area contributed by atoms with Gasteiger partial charge in [0.2, 0.25) is 5.91 Å². The Balaban J connectivity index is 1.81. The smallest absolute Gasteiger partial charge is 0.314 e. The Bertz CT molecular complexity index is 455.